The van der Waals surface area contributed by atoms with Crippen LogP contribution in [0.25, 0.3) is 0 Å². The Kier molecular flexibility index (Phi) is 5.51. The predicted octanol–water partition coefficient (Wildman–Crippen LogP) is 2.81. The molecule has 1 N–H and O–H groups in total. The summed E-state index contributed by atoms with van der Waals surface area (Å²) in [5.74, 6) is 0. The highest BCUT2D eigenvalue weighted by Gasteiger charge is 2.25. The summed E-state index contributed by atoms with van der Waals surface area (Å²) >= 11 is 0. The van der Waals surface area contributed by atoms with Gasteiger partial charge in [-0.1, -0.05) is 38.5 Å². The number of likely N-dealkylation sites (N-methyl/N-ethyl adjacent to an activating group) is 1. The van der Waals surface area contributed by atoms with E-state index in [0.717, 1.165) is 19.6 Å². The minimum atomic E-state index is 0.645. The Hall–Kier alpha value is -0.900. The van der Waals surface area contributed by atoms with E-state index in [1.165, 1.54) is 51.0 Å². The van der Waals surface area contributed by atoms with Crippen molar-refractivity contribution in [3.05, 3.63) is 34.9 Å². The quantitative estimate of drug-likeness (QED) is 0.902. The van der Waals surface area contributed by atoms with E-state index in [-0.39, 0.29) is 0 Å². The number of nitrogens with zero attached hydrogens (tertiary/aromatic N) is 2. The van der Waals surface area contributed by atoms with Gasteiger partial charge in [0.2, 0.25) is 0 Å². The summed E-state index contributed by atoms with van der Waals surface area (Å²) in [5.41, 5.74) is 4.70. The molecule has 1 unspecified atom stereocenters. The topological polar surface area (TPSA) is 18.5 Å². The van der Waals surface area contributed by atoms with Crippen molar-refractivity contribution in [2.75, 3.05) is 39.3 Å². The minimum Gasteiger partial charge on any atom is -0.314 e. The molecule has 1 aromatic rings. The monoisotopic (exact) mass is 301 g/mol. The van der Waals surface area contributed by atoms with Crippen LogP contribution in [0.2, 0.25) is 0 Å². The largest absolute Gasteiger partial charge is 0.314 e. The zero-order chi connectivity index (χ0) is 15.4. The van der Waals surface area contributed by atoms with Gasteiger partial charge in [0.15, 0.2) is 0 Å². The maximum absolute atomic E-state index is 3.43. The Labute approximate surface area is 135 Å². The second-order valence-corrected chi connectivity index (χ2v) is 6.74. The van der Waals surface area contributed by atoms with Crippen molar-refractivity contribution in [2.45, 2.75) is 45.7 Å². The van der Waals surface area contributed by atoms with Crippen LogP contribution in [-0.4, -0.2) is 49.1 Å². The van der Waals surface area contributed by atoms with Gasteiger partial charge in [-0.25, -0.2) is 0 Å². The molecule has 0 saturated carbocycles. The zero-order valence-corrected chi connectivity index (χ0v) is 14.3. The van der Waals surface area contributed by atoms with Crippen LogP contribution in [0, 0.1) is 0 Å². The van der Waals surface area contributed by atoms with E-state index in [4.69, 9.17) is 0 Å². The molecule has 22 heavy (non-hydrogen) atoms. The number of hydrogen-bond donors (Lipinski definition) is 1. The first kappa shape index (κ1) is 16.0. The molecule has 1 atom stereocenters. The van der Waals surface area contributed by atoms with E-state index >= 15 is 0 Å². The van der Waals surface area contributed by atoms with Gasteiger partial charge >= 0.3 is 0 Å². The van der Waals surface area contributed by atoms with Gasteiger partial charge < -0.3 is 5.32 Å². The summed E-state index contributed by atoms with van der Waals surface area (Å²) in [6.07, 6.45) is 3.78. The van der Waals surface area contributed by atoms with Gasteiger partial charge in [0, 0.05) is 45.3 Å². The summed E-state index contributed by atoms with van der Waals surface area (Å²) in [4.78, 5) is 5.23. The maximum Gasteiger partial charge on any atom is 0.0350 e. The molecule has 0 spiro atoms. The number of nitrogens with one attached hydrogen (secondary N) is 1. The average molecular weight is 301 g/mol. The predicted molar refractivity (Wildman–Crippen MR) is 93.2 cm³/mol. The first-order valence-electron chi connectivity index (χ1n) is 9.10. The molecule has 3 rings (SSSR count). The van der Waals surface area contributed by atoms with E-state index in [0.29, 0.717) is 6.04 Å². The van der Waals surface area contributed by atoms with Gasteiger partial charge in [0.05, 0.1) is 0 Å². The van der Waals surface area contributed by atoms with Crippen LogP contribution in [0.15, 0.2) is 18.2 Å². The first-order chi connectivity index (χ1) is 10.8. The summed E-state index contributed by atoms with van der Waals surface area (Å²) < 4.78 is 0. The van der Waals surface area contributed by atoms with Gasteiger partial charge in [0.25, 0.3) is 0 Å². The molecular weight excluding hydrogens is 270 g/mol. The van der Waals surface area contributed by atoms with Crippen LogP contribution < -0.4 is 5.32 Å². The van der Waals surface area contributed by atoms with E-state index < -0.39 is 0 Å². The number of hydrogen-bond acceptors (Lipinski definition) is 3. The van der Waals surface area contributed by atoms with Crippen LogP contribution in [-0.2, 0) is 13.0 Å². The molecule has 2 aliphatic rings. The van der Waals surface area contributed by atoms with Crippen LogP contribution in [0.5, 0.6) is 0 Å². The average Bonchev–Trinajstić information content (AvgIpc) is 2.56. The Bertz CT molecular complexity index is 480. The molecule has 0 radical (unpaired) electrons. The first-order valence-corrected chi connectivity index (χ1v) is 9.10. The molecule has 1 aromatic carbocycles. The van der Waals surface area contributed by atoms with Gasteiger partial charge in [-0.2, -0.15) is 0 Å². The number of rotatable bonds is 5. The van der Waals surface area contributed by atoms with Crippen LogP contribution in [0.3, 0.4) is 0 Å². The standard InChI is InChI=1S/C19H31N3/c1-3-5-19-18-7-6-16(15-21-12-9-20-10-13-21)14-17(18)8-11-22(19)4-2/h6-7,14,19-20H,3-5,8-13,15H2,1-2H3. The molecule has 1 fully saturated rings. The number of benzene rings is 1. The smallest absolute Gasteiger partial charge is 0.0350 e. The SMILES string of the molecule is CCCC1c2ccc(CN3CCNCC3)cc2CCN1CC. The fraction of sp³-hybridized carbons (Fsp3) is 0.684. The molecule has 0 aliphatic carbocycles. The lowest BCUT2D eigenvalue weighted by Crippen LogP contribution is -2.43. The fourth-order valence-corrected chi connectivity index (χ4v) is 4.03. The molecule has 0 amide bonds. The van der Waals surface area contributed by atoms with Crippen molar-refractivity contribution < 1.29 is 0 Å². The third-order valence-corrected chi connectivity index (χ3v) is 5.26. The van der Waals surface area contributed by atoms with Crippen LogP contribution in [0.1, 0.15) is 49.4 Å². The van der Waals surface area contributed by atoms with Crippen molar-refractivity contribution in [3.8, 4) is 0 Å². The van der Waals surface area contributed by atoms with Crippen LogP contribution >= 0.6 is 0 Å². The van der Waals surface area contributed by atoms with E-state index in [1.807, 2.05) is 0 Å². The third-order valence-electron chi connectivity index (χ3n) is 5.26. The molecule has 2 heterocycles. The van der Waals surface area contributed by atoms with Gasteiger partial charge in [-0.05, 0) is 36.1 Å². The van der Waals surface area contributed by atoms with Crippen molar-refractivity contribution >= 4 is 0 Å². The van der Waals surface area contributed by atoms with Crippen molar-refractivity contribution in [3.63, 3.8) is 0 Å². The molecule has 0 bridgehead atoms. The van der Waals surface area contributed by atoms with Crippen molar-refractivity contribution in [1.82, 2.24) is 15.1 Å². The Morgan fingerprint density at radius 3 is 2.68 bits per heavy atom. The molecule has 2 aliphatic heterocycles. The van der Waals surface area contributed by atoms with Crippen molar-refractivity contribution in [2.24, 2.45) is 0 Å². The van der Waals surface area contributed by atoms with E-state index in [1.54, 1.807) is 11.1 Å². The second-order valence-electron chi connectivity index (χ2n) is 6.74. The van der Waals surface area contributed by atoms with Gasteiger partial charge in [0.1, 0.15) is 0 Å². The number of piperazine rings is 1. The number of fused-ring (bicyclic) bond motifs is 1. The normalized spacial score (nSPS) is 23.5. The summed E-state index contributed by atoms with van der Waals surface area (Å²) in [5, 5.41) is 3.43. The summed E-state index contributed by atoms with van der Waals surface area (Å²) in [6.45, 7) is 12.7. The lowest BCUT2D eigenvalue weighted by molar-refractivity contribution is 0.184. The second kappa shape index (κ2) is 7.58. The Morgan fingerprint density at radius 2 is 1.95 bits per heavy atom. The van der Waals surface area contributed by atoms with E-state index in [2.05, 4.69) is 47.2 Å². The summed E-state index contributed by atoms with van der Waals surface area (Å²) in [7, 11) is 0. The lowest BCUT2D eigenvalue weighted by Gasteiger charge is -2.37. The lowest BCUT2D eigenvalue weighted by atomic mass is 9.88. The highest BCUT2D eigenvalue weighted by molar-refractivity contribution is 5.36. The molecule has 1 saturated heterocycles. The molecule has 122 valence electrons. The minimum absolute atomic E-state index is 0.645. The summed E-state index contributed by atoms with van der Waals surface area (Å²) in [6, 6.07) is 7.94. The highest BCUT2D eigenvalue weighted by atomic mass is 15.2. The maximum atomic E-state index is 3.43. The fourth-order valence-electron chi connectivity index (χ4n) is 4.03. The molecule has 3 heteroatoms. The molecule has 3 nitrogen and oxygen atoms in total. The van der Waals surface area contributed by atoms with Crippen molar-refractivity contribution in [1.29, 1.82) is 0 Å². The third kappa shape index (κ3) is 3.53. The Morgan fingerprint density at radius 1 is 1.14 bits per heavy atom. The molecular formula is C19H31N3. The van der Waals surface area contributed by atoms with Gasteiger partial charge in [-0.3, -0.25) is 9.80 Å². The van der Waals surface area contributed by atoms with Crippen LogP contribution in [0.4, 0.5) is 0 Å². The Balaban J connectivity index is 1.75. The zero-order valence-electron chi connectivity index (χ0n) is 14.3. The molecule has 0 aromatic heterocycles. The van der Waals surface area contributed by atoms with Gasteiger partial charge in [-0.15, -0.1) is 0 Å². The van der Waals surface area contributed by atoms with E-state index in [9.17, 15) is 0 Å². The highest BCUT2D eigenvalue weighted by Crippen LogP contribution is 2.33.